The smallest absolute Gasteiger partial charge is 0.268 e. The second kappa shape index (κ2) is 8.61. The zero-order valence-electron chi connectivity index (χ0n) is 12.3. The molecule has 128 valence electrons. The molecule has 1 aromatic carbocycles. The lowest BCUT2D eigenvalue weighted by Crippen LogP contribution is -2.55. The highest BCUT2D eigenvalue weighted by Crippen LogP contribution is 2.25. The Morgan fingerprint density at radius 2 is 1.96 bits per heavy atom. The van der Waals surface area contributed by atoms with Gasteiger partial charge in [0.1, 0.15) is 6.04 Å². The van der Waals surface area contributed by atoms with Crippen LogP contribution in [0, 0.1) is 0 Å². The molecule has 1 heterocycles. The van der Waals surface area contributed by atoms with Gasteiger partial charge in [-0.25, -0.2) is 5.48 Å². The first-order valence-corrected chi connectivity index (χ1v) is 7.23. The summed E-state index contributed by atoms with van der Waals surface area (Å²) in [6.07, 6.45) is -0.495. The third-order valence-corrected chi connectivity index (χ3v) is 3.89. The van der Waals surface area contributed by atoms with Crippen LogP contribution in [0.4, 0.5) is 0 Å². The van der Waals surface area contributed by atoms with Crippen molar-refractivity contribution < 1.29 is 19.9 Å². The lowest BCUT2D eigenvalue weighted by Gasteiger charge is -2.21. The van der Waals surface area contributed by atoms with Gasteiger partial charge < -0.3 is 15.7 Å². The van der Waals surface area contributed by atoms with Gasteiger partial charge in [0.2, 0.25) is 5.91 Å². The van der Waals surface area contributed by atoms with Crippen molar-refractivity contribution in [1.29, 1.82) is 0 Å². The predicted molar refractivity (Wildman–Crippen MR) is 85.9 cm³/mol. The van der Waals surface area contributed by atoms with E-state index in [2.05, 4.69) is 10.6 Å². The Bertz CT molecular complexity index is 521. The van der Waals surface area contributed by atoms with Gasteiger partial charge in [-0.15, -0.1) is 0 Å². The van der Waals surface area contributed by atoms with Crippen molar-refractivity contribution in [3.05, 3.63) is 35.9 Å². The van der Waals surface area contributed by atoms with Gasteiger partial charge in [-0.2, -0.15) is 0 Å². The fourth-order valence-corrected chi connectivity index (χ4v) is 2.64. The lowest BCUT2D eigenvalue weighted by atomic mass is 9.96. The van der Waals surface area contributed by atoms with Crippen LogP contribution in [0.1, 0.15) is 32.3 Å². The second-order valence-corrected chi connectivity index (χ2v) is 5.51. The summed E-state index contributed by atoms with van der Waals surface area (Å²) < 4.78 is 0. The van der Waals surface area contributed by atoms with Crippen LogP contribution in [-0.2, 0) is 9.59 Å². The molecule has 5 N–H and O–H groups in total. The molecule has 23 heavy (non-hydrogen) atoms. The van der Waals surface area contributed by atoms with Gasteiger partial charge in [-0.3, -0.25) is 14.8 Å². The van der Waals surface area contributed by atoms with Crippen molar-refractivity contribution in [3.63, 3.8) is 0 Å². The molecule has 0 saturated carbocycles. The van der Waals surface area contributed by atoms with Crippen LogP contribution < -0.4 is 16.1 Å². The molecule has 0 bridgehead atoms. The Morgan fingerprint density at radius 1 is 1.30 bits per heavy atom. The summed E-state index contributed by atoms with van der Waals surface area (Å²) in [5.41, 5.74) is 2.60. The molecule has 1 aromatic rings. The average Bonchev–Trinajstić information content (AvgIpc) is 3.02. The van der Waals surface area contributed by atoms with Crippen LogP contribution in [-0.4, -0.2) is 46.9 Å². The summed E-state index contributed by atoms with van der Waals surface area (Å²) in [5.74, 6) is -0.984. The minimum absolute atomic E-state index is 0. The van der Waals surface area contributed by atoms with E-state index in [-0.39, 0.29) is 19.3 Å². The van der Waals surface area contributed by atoms with Crippen molar-refractivity contribution in [2.45, 2.75) is 44.9 Å². The van der Waals surface area contributed by atoms with Crippen LogP contribution >= 0.6 is 0 Å². The van der Waals surface area contributed by atoms with E-state index in [0.717, 1.165) is 5.56 Å². The number of hydroxylamine groups is 1. The number of aliphatic hydroxyl groups is 1. The molecule has 1 aliphatic rings. The molecule has 2 amide bonds. The van der Waals surface area contributed by atoms with E-state index in [0.29, 0.717) is 13.0 Å². The highest BCUT2D eigenvalue weighted by Gasteiger charge is 2.33. The molecule has 0 spiro atoms. The normalized spacial score (nSPS) is 22.6. The molecule has 0 unspecified atom stereocenters. The zero-order valence-corrected chi connectivity index (χ0v) is 12.3. The number of nitrogens with one attached hydrogen (secondary N) is 3. The largest absolute Gasteiger partial charge is 0.391 e. The van der Waals surface area contributed by atoms with Crippen LogP contribution in [0.15, 0.2) is 30.3 Å². The van der Waals surface area contributed by atoms with Crippen molar-refractivity contribution in [2.24, 2.45) is 0 Å². The summed E-state index contributed by atoms with van der Waals surface area (Å²) in [7, 11) is 0. The molecular formula is C16H25N3O4. The number of amides is 2. The van der Waals surface area contributed by atoms with Crippen molar-refractivity contribution in [2.75, 3.05) is 6.54 Å². The van der Waals surface area contributed by atoms with Crippen molar-refractivity contribution >= 4 is 11.8 Å². The minimum Gasteiger partial charge on any atom is -0.391 e. The molecule has 1 saturated heterocycles. The van der Waals surface area contributed by atoms with E-state index >= 15 is 0 Å². The third-order valence-electron chi connectivity index (χ3n) is 3.89. The number of benzene rings is 1. The maximum absolute atomic E-state index is 12.2. The highest BCUT2D eigenvalue weighted by atomic mass is 16.5. The minimum atomic E-state index is -1.19. The first-order valence-electron chi connectivity index (χ1n) is 7.23. The van der Waals surface area contributed by atoms with E-state index in [9.17, 15) is 14.7 Å². The van der Waals surface area contributed by atoms with Gasteiger partial charge in [0, 0.05) is 6.54 Å². The molecule has 1 fully saturated rings. The highest BCUT2D eigenvalue weighted by molar-refractivity contribution is 5.89. The predicted octanol–water partition coefficient (Wildman–Crippen LogP) is 0.139. The number of carbonyl (C=O) groups is 2. The van der Waals surface area contributed by atoms with Gasteiger partial charge in [-0.1, -0.05) is 37.8 Å². The quantitative estimate of drug-likeness (QED) is 0.391. The first-order chi connectivity index (χ1) is 10.5. The second-order valence-electron chi connectivity index (χ2n) is 5.51. The van der Waals surface area contributed by atoms with E-state index in [1.807, 2.05) is 30.3 Å². The molecule has 0 aromatic heterocycles. The summed E-state index contributed by atoms with van der Waals surface area (Å²) in [6.45, 7) is 2.04. The molecule has 0 radical (unpaired) electrons. The van der Waals surface area contributed by atoms with Crippen LogP contribution in [0.3, 0.4) is 0 Å². The lowest BCUT2D eigenvalue weighted by molar-refractivity contribution is -0.138. The topological polar surface area (TPSA) is 111 Å². The Morgan fingerprint density at radius 3 is 2.52 bits per heavy atom. The van der Waals surface area contributed by atoms with Crippen LogP contribution in [0.2, 0.25) is 0 Å². The third kappa shape index (κ3) is 4.75. The monoisotopic (exact) mass is 323 g/mol. The Labute approximate surface area is 136 Å². The summed E-state index contributed by atoms with van der Waals surface area (Å²) in [5, 5.41) is 23.7. The van der Waals surface area contributed by atoms with Gasteiger partial charge in [0.05, 0.1) is 12.1 Å². The molecular weight excluding hydrogens is 298 g/mol. The molecule has 2 rings (SSSR count). The Hall–Kier alpha value is -1.96. The first kappa shape index (κ1) is 19.1. The Kier molecular flexibility index (Phi) is 7.15. The Balaban J connectivity index is 0.00000264. The SMILES string of the molecule is C.C[C@@H](O)[C@H](NC(=O)[C@@H]1C[C@@H](c2ccccc2)CN1)C(=O)NO. The fraction of sp³-hybridized carbons (Fsp3) is 0.500. The van der Waals surface area contributed by atoms with Crippen molar-refractivity contribution in [1.82, 2.24) is 16.1 Å². The molecule has 4 atom stereocenters. The maximum atomic E-state index is 12.2. The number of carbonyl (C=O) groups excluding carboxylic acids is 2. The van der Waals surface area contributed by atoms with Crippen LogP contribution in [0.5, 0.6) is 0 Å². The van der Waals surface area contributed by atoms with Crippen LogP contribution in [0.25, 0.3) is 0 Å². The number of rotatable bonds is 5. The van der Waals surface area contributed by atoms with E-state index in [1.54, 1.807) is 0 Å². The fourth-order valence-electron chi connectivity index (χ4n) is 2.64. The summed E-state index contributed by atoms with van der Waals surface area (Å²) >= 11 is 0. The van der Waals surface area contributed by atoms with E-state index in [1.165, 1.54) is 12.4 Å². The summed E-state index contributed by atoms with van der Waals surface area (Å²) in [6, 6.07) is 8.27. The van der Waals surface area contributed by atoms with Crippen molar-refractivity contribution in [3.8, 4) is 0 Å². The van der Waals surface area contributed by atoms with Gasteiger partial charge in [0.15, 0.2) is 0 Å². The maximum Gasteiger partial charge on any atom is 0.268 e. The zero-order chi connectivity index (χ0) is 16.1. The average molecular weight is 323 g/mol. The molecule has 7 nitrogen and oxygen atoms in total. The molecule has 7 heteroatoms. The summed E-state index contributed by atoms with van der Waals surface area (Å²) in [4.78, 5) is 23.6. The van der Waals surface area contributed by atoms with Gasteiger partial charge in [-0.05, 0) is 24.8 Å². The molecule has 1 aliphatic heterocycles. The van der Waals surface area contributed by atoms with E-state index < -0.39 is 24.1 Å². The van der Waals surface area contributed by atoms with E-state index in [4.69, 9.17) is 5.21 Å². The number of hydrogen-bond acceptors (Lipinski definition) is 5. The number of aliphatic hydroxyl groups excluding tert-OH is 1. The van der Waals surface area contributed by atoms with Gasteiger partial charge in [0.25, 0.3) is 5.91 Å². The molecule has 0 aliphatic carbocycles. The number of hydrogen-bond donors (Lipinski definition) is 5. The standard InChI is InChI=1S/C15H21N3O4.CH4/c1-9(19)13(15(21)18-22)17-14(20)12-7-11(8-16-12)10-5-3-2-4-6-10;/h2-6,9,11-13,16,19,22H,7-8H2,1H3,(H,17,20)(H,18,21);1H4/t9-,11-,12+,13+;/m1./s1. The van der Waals surface area contributed by atoms with Gasteiger partial charge >= 0.3 is 0 Å².